The van der Waals surface area contributed by atoms with Gasteiger partial charge < -0.3 is 16.2 Å². The lowest BCUT2D eigenvalue weighted by atomic mass is 10.2. The summed E-state index contributed by atoms with van der Waals surface area (Å²) < 4.78 is 3.49. The van der Waals surface area contributed by atoms with Gasteiger partial charge in [0.05, 0.1) is 5.69 Å². The molecule has 1 aromatic heterocycles. The fourth-order valence-corrected chi connectivity index (χ4v) is 2.40. The number of para-hydroxylation sites is 1. The molecule has 0 unspecified atom stereocenters. The number of anilines is 1. The predicted octanol–water partition coefficient (Wildman–Crippen LogP) is 1.57. The maximum Gasteiger partial charge on any atom is 0.322 e. The minimum absolute atomic E-state index is 0.0104. The molecule has 0 aliphatic carbocycles. The highest BCUT2D eigenvalue weighted by Crippen LogP contribution is 2.05. The van der Waals surface area contributed by atoms with E-state index in [4.69, 9.17) is 10.8 Å². The molecule has 146 valence electrons. The minimum atomic E-state index is -1.08. The fraction of sp³-hybridized carbons (Fsp3) is 0.150. The Morgan fingerprint density at radius 2 is 1.68 bits per heavy atom. The van der Waals surface area contributed by atoms with Gasteiger partial charge in [0.2, 0.25) is 0 Å². The zero-order chi connectivity index (χ0) is 20.7. The summed E-state index contributed by atoms with van der Waals surface area (Å²) in [4.78, 5) is 33.0. The third-order valence-corrected chi connectivity index (χ3v) is 3.93. The Hall–Kier alpha value is -3.81. The molecule has 0 saturated carbocycles. The average Bonchev–Trinajstić information content (AvgIpc) is 2.93. The number of nitrogens with two attached hydrogens (primary N) is 1. The Balaban J connectivity index is 0.000000200. The number of nitrogens with one attached hydrogen (secondary N) is 1. The number of carbonyl (C=O) groups excluding carboxylic acids is 1. The summed E-state index contributed by atoms with van der Waals surface area (Å²) >= 11 is 0. The molecule has 1 heterocycles. The highest BCUT2D eigenvalue weighted by Gasteiger charge is 2.06. The largest absolute Gasteiger partial charge is 0.480 e. The van der Waals surface area contributed by atoms with E-state index < -0.39 is 11.9 Å². The fourth-order valence-electron chi connectivity index (χ4n) is 2.40. The van der Waals surface area contributed by atoms with Crippen LogP contribution in [0.1, 0.15) is 16.1 Å². The standard InChI is InChI=1S/C11H12N2O.C9H10N2O3/c1-9-8-11(14)13(12(9)2)10-6-4-3-5-7-10;10-7-3-1-6(2-4-7)9(14)11-5-8(12)13/h3-8H,1-2H3;1-4H,5,10H2,(H,11,14)(H,12,13). The van der Waals surface area contributed by atoms with Crippen LogP contribution in [0.15, 0.2) is 65.5 Å². The summed E-state index contributed by atoms with van der Waals surface area (Å²) in [5.41, 5.74) is 8.23. The van der Waals surface area contributed by atoms with E-state index >= 15 is 0 Å². The van der Waals surface area contributed by atoms with Crippen LogP contribution in [0, 0.1) is 6.92 Å². The molecule has 0 aliphatic heterocycles. The molecule has 1 amide bonds. The van der Waals surface area contributed by atoms with Crippen molar-refractivity contribution in [2.24, 2.45) is 7.05 Å². The maximum atomic E-state index is 11.6. The molecule has 3 rings (SSSR count). The van der Waals surface area contributed by atoms with E-state index in [1.165, 1.54) is 12.1 Å². The molecule has 0 radical (unpaired) electrons. The predicted molar refractivity (Wildman–Crippen MR) is 107 cm³/mol. The second kappa shape index (κ2) is 9.22. The van der Waals surface area contributed by atoms with Gasteiger partial charge in [-0.2, -0.15) is 0 Å². The van der Waals surface area contributed by atoms with Crippen molar-refractivity contribution in [3.8, 4) is 5.69 Å². The first-order chi connectivity index (χ1) is 13.3. The molecular formula is C20H22N4O4. The molecule has 8 heteroatoms. The number of aromatic nitrogens is 2. The molecule has 0 spiro atoms. The summed E-state index contributed by atoms with van der Waals surface area (Å²) in [7, 11) is 1.88. The third-order valence-electron chi connectivity index (χ3n) is 3.93. The van der Waals surface area contributed by atoms with E-state index in [9.17, 15) is 14.4 Å². The number of amides is 1. The summed E-state index contributed by atoms with van der Waals surface area (Å²) in [6, 6.07) is 17.5. The number of carboxylic acids is 1. The molecule has 2 aromatic carbocycles. The Labute approximate surface area is 161 Å². The lowest BCUT2D eigenvalue weighted by Crippen LogP contribution is -2.29. The van der Waals surface area contributed by atoms with Gasteiger partial charge in [-0.15, -0.1) is 0 Å². The monoisotopic (exact) mass is 382 g/mol. The molecule has 0 fully saturated rings. The molecule has 8 nitrogen and oxygen atoms in total. The second-order valence-corrected chi connectivity index (χ2v) is 5.99. The van der Waals surface area contributed by atoms with Crippen molar-refractivity contribution in [1.82, 2.24) is 14.7 Å². The van der Waals surface area contributed by atoms with Crippen LogP contribution < -0.4 is 16.6 Å². The molecule has 0 bridgehead atoms. The van der Waals surface area contributed by atoms with Crippen LogP contribution in [0.5, 0.6) is 0 Å². The zero-order valence-electron chi connectivity index (χ0n) is 15.6. The van der Waals surface area contributed by atoms with Crippen LogP contribution in [0.2, 0.25) is 0 Å². The van der Waals surface area contributed by atoms with E-state index in [1.54, 1.807) is 22.9 Å². The number of nitrogen functional groups attached to an aromatic ring is 1. The van der Waals surface area contributed by atoms with Crippen molar-refractivity contribution >= 4 is 17.6 Å². The van der Waals surface area contributed by atoms with E-state index in [1.807, 2.05) is 49.0 Å². The first-order valence-corrected chi connectivity index (χ1v) is 8.46. The van der Waals surface area contributed by atoms with Gasteiger partial charge >= 0.3 is 5.97 Å². The molecule has 0 atom stereocenters. The van der Waals surface area contributed by atoms with Crippen molar-refractivity contribution in [3.63, 3.8) is 0 Å². The topological polar surface area (TPSA) is 119 Å². The van der Waals surface area contributed by atoms with Crippen LogP contribution in [0.25, 0.3) is 5.69 Å². The molecule has 0 aliphatic rings. The zero-order valence-corrected chi connectivity index (χ0v) is 15.6. The van der Waals surface area contributed by atoms with E-state index in [2.05, 4.69) is 5.32 Å². The van der Waals surface area contributed by atoms with Gasteiger partial charge in [-0.25, -0.2) is 4.68 Å². The number of benzene rings is 2. The van der Waals surface area contributed by atoms with Gasteiger partial charge in [0.25, 0.3) is 11.5 Å². The Morgan fingerprint density at radius 1 is 1.07 bits per heavy atom. The third kappa shape index (κ3) is 5.34. The normalized spacial score (nSPS) is 9.93. The number of carbonyl (C=O) groups is 2. The minimum Gasteiger partial charge on any atom is -0.480 e. The van der Waals surface area contributed by atoms with Crippen molar-refractivity contribution in [2.75, 3.05) is 12.3 Å². The van der Waals surface area contributed by atoms with Gasteiger partial charge in [-0.3, -0.25) is 19.1 Å². The number of aryl methyl sites for hydroxylation is 1. The van der Waals surface area contributed by atoms with Crippen molar-refractivity contribution in [3.05, 3.63) is 82.3 Å². The first-order valence-electron chi connectivity index (χ1n) is 8.46. The average molecular weight is 382 g/mol. The summed E-state index contributed by atoms with van der Waals surface area (Å²) in [6.45, 7) is 1.53. The van der Waals surface area contributed by atoms with Crippen LogP contribution in [0.3, 0.4) is 0 Å². The van der Waals surface area contributed by atoms with Crippen LogP contribution in [0.4, 0.5) is 5.69 Å². The molecular weight excluding hydrogens is 360 g/mol. The SMILES string of the molecule is Cc1cc(=O)n(-c2ccccc2)n1C.Nc1ccc(C(=O)NCC(=O)O)cc1. The van der Waals surface area contributed by atoms with Crippen molar-refractivity contribution in [2.45, 2.75) is 6.92 Å². The second-order valence-electron chi connectivity index (χ2n) is 5.99. The van der Waals surface area contributed by atoms with Gasteiger partial charge in [0.15, 0.2) is 0 Å². The van der Waals surface area contributed by atoms with E-state index in [0.717, 1.165) is 11.4 Å². The first kappa shape index (κ1) is 20.5. The Bertz CT molecular complexity index is 1000. The lowest BCUT2D eigenvalue weighted by molar-refractivity contribution is -0.135. The van der Waals surface area contributed by atoms with Crippen molar-refractivity contribution in [1.29, 1.82) is 0 Å². The summed E-state index contributed by atoms with van der Waals surface area (Å²) in [5.74, 6) is -1.50. The highest BCUT2D eigenvalue weighted by molar-refractivity contribution is 5.95. The van der Waals surface area contributed by atoms with Crippen molar-refractivity contribution < 1.29 is 14.7 Å². The van der Waals surface area contributed by atoms with E-state index in [0.29, 0.717) is 11.3 Å². The number of aliphatic carboxylic acids is 1. The van der Waals surface area contributed by atoms with Gasteiger partial charge in [0.1, 0.15) is 6.54 Å². The Morgan fingerprint density at radius 3 is 2.18 bits per heavy atom. The number of hydrogen-bond acceptors (Lipinski definition) is 4. The summed E-state index contributed by atoms with van der Waals surface area (Å²) in [6.07, 6.45) is 0. The van der Waals surface area contributed by atoms with Crippen LogP contribution in [-0.4, -0.2) is 32.9 Å². The number of hydrogen-bond donors (Lipinski definition) is 3. The van der Waals surface area contributed by atoms with Gasteiger partial charge in [-0.05, 0) is 43.3 Å². The van der Waals surface area contributed by atoms with Gasteiger partial charge in [-0.1, -0.05) is 18.2 Å². The molecule has 0 saturated heterocycles. The van der Waals surface area contributed by atoms with E-state index in [-0.39, 0.29) is 12.1 Å². The van der Waals surface area contributed by atoms with Crippen LogP contribution in [-0.2, 0) is 11.8 Å². The number of rotatable bonds is 4. The van der Waals surface area contributed by atoms with Gasteiger partial charge in [0, 0.05) is 30.1 Å². The number of carboxylic acid groups (broad SMARTS) is 1. The quantitative estimate of drug-likeness (QED) is 0.592. The molecule has 3 aromatic rings. The maximum absolute atomic E-state index is 11.6. The lowest BCUT2D eigenvalue weighted by Gasteiger charge is -2.07. The number of nitrogens with zero attached hydrogens (tertiary/aromatic N) is 2. The Kier molecular flexibility index (Phi) is 6.75. The summed E-state index contributed by atoms with van der Waals surface area (Å²) in [5, 5.41) is 10.6. The highest BCUT2D eigenvalue weighted by atomic mass is 16.4. The van der Waals surface area contributed by atoms with Crippen LogP contribution >= 0.6 is 0 Å². The smallest absolute Gasteiger partial charge is 0.322 e. The molecule has 28 heavy (non-hydrogen) atoms. The molecule has 4 N–H and O–H groups in total.